The molecular formula is C27H32N3O4. The summed E-state index contributed by atoms with van der Waals surface area (Å²) < 4.78 is 16.8. The van der Waals surface area contributed by atoms with Gasteiger partial charge in [-0.25, -0.2) is 15.1 Å². The van der Waals surface area contributed by atoms with Crippen LogP contribution < -0.4 is 14.8 Å². The predicted molar refractivity (Wildman–Crippen MR) is 133 cm³/mol. The van der Waals surface area contributed by atoms with Crippen LogP contribution in [0.2, 0.25) is 0 Å². The lowest BCUT2D eigenvalue weighted by molar-refractivity contribution is 0.0201. The molecule has 2 aliphatic rings. The van der Waals surface area contributed by atoms with Crippen LogP contribution in [0.1, 0.15) is 44.7 Å². The van der Waals surface area contributed by atoms with Gasteiger partial charge in [0.25, 0.3) is 0 Å². The number of likely N-dealkylation sites (tertiary alicyclic amines) is 1. The van der Waals surface area contributed by atoms with Crippen LogP contribution in [0.15, 0.2) is 53.5 Å². The summed E-state index contributed by atoms with van der Waals surface area (Å²) in [6, 6.07) is 15.7. The van der Waals surface area contributed by atoms with E-state index in [-0.39, 0.29) is 12.0 Å². The molecule has 2 aromatic rings. The maximum Gasteiger partial charge on any atom is 0.410 e. The Balaban J connectivity index is 1.60. The monoisotopic (exact) mass is 462 g/mol. The van der Waals surface area contributed by atoms with E-state index in [9.17, 15) is 4.79 Å². The molecular weight excluding hydrogens is 430 g/mol. The number of para-hydroxylation sites is 2. The second-order valence-corrected chi connectivity index (χ2v) is 9.42. The van der Waals surface area contributed by atoms with E-state index in [0.717, 1.165) is 52.7 Å². The average molecular weight is 463 g/mol. The highest BCUT2D eigenvalue weighted by atomic mass is 16.6. The van der Waals surface area contributed by atoms with Gasteiger partial charge in [0.15, 0.2) is 0 Å². The molecule has 4 rings (SSSR count). The number of methoxy groups -OCH3 is 2. The van der Waals surface area contributed by atoms with E-state index in [0.29, 0.717) is 13.1 Å². The molecule has 7 nitrogen and oxygen atoms in total. The highest BCUT2D eigenvalue weighted by Gasteiger charge is 2.34. The standard InChI is InChI=1S/C27H32N3O4/c1-27(2,3)34-26(31)30-16-14-18(15-17-30)25-28-23(19-10-6-8-12-21(19)32-4)24(29-25)20-11-7-9-13-22(20)33-5/h6-13,18H,14-17H2,1-5H3. The molecule has 2 heterocycles. The van der Waals surface area contributed by atoms with Gasteiger partial charge in [-0.3, -0.25) is 0 Å². The number of amidine groups is 1. The molecule has 0 N–H and O–H groups in total. The highest BCUT2D eigenvalue weighted by molar-refractivity contribution is 6.09. The number of nitrogens with zero attached hydrogens (tertiary/aromatic N) is 3. The summed E-state index contributed by atoms with van der Waals surface area (Å²) in [5.41, 5.74) is 2.81. The number of aliphatic imine (C=N–C) groups is 1. The number of rotatable bonds is 5. The van der Waals surface area contributed by atoms with Crippen molar-refractivity contribution >= 4 is 23.3 Å². The number of carbonyl (C=O) groups excluding carboxylic acids is 1. The largest absolute Gasteiger partial charge is 0.496 e. The van der Waals surface area contributed by atoms with Gasteiger partial charge in [0.05, 0.1) is 14.2 Å². The Labute approximate surface area is 201 Å². The van der Waals surface area contributed by atoms with E-state index >= 15 is 0 Å². The van der Waals surface area contributed by atoms with Crippen molar-refractivity contribution in [3.05, 3.63) is 59.7 Å². The average Bonchev–Trinajstić information content (AvgIpc) is 3.28. The summed E-state index contributed by atoms with van der Waals surface area (Å²) in [7, 11) is 3.32. The van der Waals surface area contributed by atoms with Crippen LogP contribution >= 0.6 is 0 Å². The van der Waals surface area contributed by atoms with E-state index < -0.39 is 5.60 Å². The molecule has 0 aromatic heterocycles. The molecule has 1 saturated heterocycles. The summed E-state index contributed by atoms with van der Waals surface area (Å²) in [6.45, 7) is 6.88. The van der Waals surface area contributed by atoms with Crippen LogP contribution in [0.4, 0.5) is 4.79 Å². The van der Waals surface area contributed by atoms with E-state index in [1.54, 1.807) is 19.1 Å². The summed E-state index contributed by atoms with van der Waals surface area (Å²) in [4.78, 5) is 19.3. The normalized spacial score (nSPS) is 16.7. The fourth-order valence-electron chi connectivity index (χ4n) is 4.25. The van der Waals surface area contributed by atoms with Crippen molar-refractivity contribution in [2.45, 2.75) is 39.2 Å². The number of piperidine rings is 1. The first kappa shape index (κ1) is 23.7. The maximum absolute atomic E-state index is 12.5. The number of benzene rings is 2. The third-order valence-corrected chi connectivity index (χ3v) is 5.91. The molecule has 0 bridgehead atoms. The maximum atomic E-state index is 12.5. The smallest absolute Gasteiger partial charge is 0.410 e. The third kappa shape index (κ3) is 5.03. The van der Waals surface area contributed by atoms with Crippen molar-refractivity contribution in [2.75, 3.05) is 27.3 Å². The first-order valence-corrected chi connectivity index (χ1v) is 11.6. The van der Waals surface area contributed by atoms with E-state index in [1.165, 1.54) is 0 Å². The quantitative estimate of drug-likeness (QED) is 0.613. The van der Waals surface area contributed by atoms with Crippen molar-refractivity contribution in [1.82, 2.24) is 10.2 Å². The molecule has 1 fully saturated rings. The highest BCUT2D eigenvalue weighted by Crippen LogP contribution is 2.40. The van der Waals surface area contributed by atoms with Gasteiger partial charge in [-0.05, 0) is 57.9 Å². The van der Waals surface area contributed by atoms with Crippen LogP contribution in [-0.2, 0) is 4.74 Å². The fourth-order valence-corrected chi connectivity index (χ4v) is 4.25. The number of ether oxygens (including phenoxy) is 3. The Morgan fingerprint density at radius 1 is 0.882 bits per heavy atom. The van der Waals surface area contributed by atoms with Crippen LogP contribution in [0.5, 0.6) is 11.5 Å². The molecule has 0 saturated carbocycles. The SMILES string of the molecule is COc1ccccc1C1=C(c2ccccc2OC)N=C(C2CCN(C(=O)OC(C)(C)C)CC2)[N]1. The lowest BCUT2D eigenvalue weighted by Crippen LogP contribution is -2.43. The molecule has 1 radical (unpaired) electrons. The van der Waals surface area contributed by atoms with Gasteiger partial charge in [-0.2, -0.15) is 0 Å². The molecule has 7 heteroatoms. The second kappa shape index (κ2) is 9.79. The van der Waals surface area contributed by atoms with E-state index in [2.05, 4.69) is 0 Å². The van der Waals surface area contributed by atoms with Crippen molar-refractivity contribution in [3.63, 3.8) is 0 Å². The van der Waals surface area contributed by atoms with Gasteiger partial charge >= 0.3 is 6.09 Å². The first-order valence-electron chi connectivity index (χ1n) is 11.6. The lowest BCUT2D eigenvalue weighted by atomic mass is 9.95. The van der Waals surface area contributed by atoms with Crippen molar-refractivity contribution in [3.8, 4) is 11.5 Å². The minimum atomic E-state index is -0.504. The van der Waals surface area contributed by atoms with E-state index in [4.69, 9.17) is 24.5 Å². The molecule has 2 aliphatic heterocycles. The molecule has 0 aliphatic carbocycles. The Morgan fingerprint density at radius 3 is 1.94 bits per heavy atom. The van der Waals surface area contributed by atoms with Crippen molar-refractivity contribution in [2.24, 2.45) is 10.9 Å². The lowest BCUT2D eigenvalue weighted by Gasteiger charge is -2.33. The summed E-state index contributed by atoms with van der Waals surface area (Å²) >= 11 is 0. The summed E-state index contributed by atoms with van der Waals surface area (Å²) in [6.07, 6.45) is 1.29. The predicted octanol–water partition coefficient (Wildman–Crippen LogP) is 5.19. The minimum absolute atomic E-state index is 0.149. The molecule has 0 spiro atoms. The Morgan fingerprint density at radius 2 is 1.41 bits per heavy atom. The van der Waals surface area contributed by atoms with Gasteiger partial charge in [0.2, 0.25) is 0 Å². The number of carbonyl (C=O) groups is 1. The molecule has 34 heavy (non-hydrogen) atoms. The van der Waals surface area contributed by atoms with Crippen LogP contribution in [0.25, 0.3) is 11.4 Å². The third-order valence-electron chi connectivity index (χ3n) is 5.91. The van der Waals surface area contributed by atoms with Gasteiger partial charge in [0, 0.05) is 30.1 Å². The van der Waals surface area contributed by atoms with Gasteiger partial charge in [-0.1, -0.05) is 24.3 Å². The number of hydrogen-bond acceptors (Lipinski definition) is 5. The fraction of sp³-hybridized carbons (Fsp3) is 0.407. The second-order valence-electron chi connectivity index (χ2n) is 9.42. The molecule has 1 amide bonds. The summed E-state index contributed by atoms with van der Waals surface area (Å²) in [5, 5.41) is 5.01. The Hall–Kier alpha value is -3.48. The summed E-state index contributed by atoms with van der Waals surface area (Å²) in [5.74, 6) is 2.41. The van der Waals surface area contributed by atoms with E-state index in [1.807, 2.05) is 69.3 Å². The first-order chi connectivity index (χ1) is 16.3. The zero-order valence-electron chi connectivity index (χ0n) is 20.5. The zero-order chi connectivity index (χ0) is 24.3. The van der Waals surface area contributed by atoms with Crippen molar-refractivity contribution in [1.29, 1.82) is 0 Å². The van der Waals surface area contributed by atoms with Gasteiger partial charge in [0.1, 0.15) is 34.3 Å². The molecule has 2 aromatic carbocycles. The van der Waals surface area contributed by atoms with Gasteiger partial charge < -0.3 is 19.1 Å². The Bertz CT molecular complexity index is 1110. The van der Waals surface area contributed by atoms with Crippen molar-refractivity contribution < 1.29 is 19.0 Å². The van der Waals surface area contributed by atoms with Crippen LogP contribution in [-0.4, -0.2) is 49.7 Å². The Kier molecular flexibility index (Phi) is 6.82. The number of amides is 1. The topological polar surface area (TPSA) is 74.5 Å². The molecule has 0 unspecified atom stereocenters. The number of hydrogen-bond donors (Lipinski definition) is 0. The van der Waals surface area contributed by atoms with Gasteiger partial charge in [-0.15, -0.1) is 0 Å². The minimum Gasteiger partial charge on any atom is -0.496 e. The molecule has 179 valence electrons. The van der Waals surface area contributed by atoms with Crippen LogP contribution in [0, 0.1) is 5.92 Å². The van der Waals surface area contributed by atoms with Crippen LogP contribution in [0.3, 0.4) is 0 Å². The molecule has 0 atom stereocenters. The zero-order valence-corrected chi connectivity index (χ0v) is 20.5.